The summed E-state index contributed by atoms with van der Waals surface area (Å²) in [6.45, 7) is 11.6. The van der Waals surface area contributed by atoms with Gasteiger partial charge in [-0.25, -0.2) is 4.57 Å². The van der Waals surface area contributed by atoms with Gasteiger partial charge in [0.2, 0.25) is 0 Å². The first kappa shape index (κ1) is 41.9. The molecule has 0 aliphatic heterocycles. The number of hydrogen-bond acceptors (Lipinski definition) is 8. The first-order chi connectivity index (χ1) is 18.4. The van der Waals surface area contributed by atoms with Gasteiger partial charge in [-0.15, -0.1) is 0 Å². The monoisotopic (exact) mass is 569 g/mol. The maximum Gasteiger partial charge on any atom is 0.474 e. The molecule has 0 radical (unpaired) electrons. The molecule has 0 saturated carbocycles. The highest BCUT2D eigenvalue weighted by Crippen LogP contribution is 2.48. The Morgan fingerprint density at radius 1 is 0.632 bits per heavy atom. The second kappa shape index (κ2) is 36.5. The maximum absolute atomic E-state index is 11.3. The molecule has 0 rings (SSSR count). The van der Waals surface area contributed by atoms with Crippen LogP contribution in [0, 0.1) is 0 Å². The first-order valence-corrected chi connectivity index (χ1v) is 16.7. The molecule has 6 N–H and O–H groups in total. The van der Waals surface area contributed by atoms with E-state index in [2.05, 4.69) is 12.2 Å². The highest BCUT2D eigenvalue weighted by molar-refractivity contribution is 7.48. The number of phosphoric ester groups is 1. The quantitative estimate of drug-likeness (QED) is 0.0636. The van der Waals surface area contributed by atoms with Gasteiger partial charge in [-0.05, 0) is 27.2 Å². The van der Waals surface area contributed by atoms with Crippen LogP contribution in [-0.4, -0.2) is 57.1 Å². The number of carbonyl (C=O) groups is 1. The molecular weight excluding hydrogens is 505 g/mol. The Labute approximate surface area is 235 Å². The lowest BCUT2D eigenvalue weighted by atomic mass is 10.0. The molecule has 0 unspecified atom stereocenters. The number of nitrogens with two attached hydrogens (primary N) is 2. The number of rotatable bonds is 26. The van der Waals surface area contributed by atoms with E-state index in [4.69, 9.17) is 30.1 Å². The smallest absolute Gasteiger partial charge is 0.474 e. The Morgan fingerprint density at radius 3 is 1.21 bits per heavy atom. The van der Waals surface area contributed by atoms with Crippen LogP contribution < -0.4 is 16.8 Å². The zero-order valence-electron chi connectivity index (χ0n) is 25.4. The molecule has 0 atom stereocenters. The van der Waals surface area contributed by atoms with Crippen LogP contribution in [0.25, 0.3) is 0 Å². The third-order valence-electron chi connectivity index (χ3n) is 5.50. The van der Waals surface area contributed by atoms with Crippen molar-refractivity contribution in [2.24, 2.45) is 11.5 Å². The summed E-state index contributed by atoms with van der Waals surface area (Å²) in [4.78, 5) is 10.3. The van der Waals surface area contributed by atoms with Gasteiger partial charge in [-0.3, -0.25) is 18.4 Å². The summed E-state index contributed by atoms with van der Waals surface area (Å²) in [5.41, 5.74) is 10.3. The average Bonchev–Trinajstić information content (AvgIpc) is 2.88. The van der Waals surface area contributed by atoms with Crippen molar-refractivity contribution in [3.8, 4) is 0 Å². The number of carboxylic acid groups (broad SMARTS) is 1. The van der Waals surface area contributed by atoms with Crippen molar-refractivity contribution in [1.29, 1.82) is 0 Å². The van der Waals surface area contributed by atoms with Gasteiger partial charge in [0.15, 0.2) is 0 Å². The number of aliphatic carboxylic acids is 1. The zero-order chi connectivity index (χ0) is 29.2. The minimum absolute atomic E-state index is 0.331. The van der Waals surface area contributed by atoms with Crippen LogP contribution in [0.1, 0.15) is 130 Å². The predicted octanol–water partition coefficient (Wildman–Crippen LogP) is 7.03. The zero-order valence-corrected chi connectivity index (χ0v) is 26.2. The Morgan fingerprint density at radius 2 is 0.947 bits per heavy atom. The molecule has 0 saturated heterocycles. The van der Waals surface area contributed by atoms with E-state index >= 15 is 0 Å². The summed E-state index contributed by atoms with van der Waals surface area (Å²) in [6, 6.07) is 0. The SMILES string of the molecule is CCCCCCCCCCCCCCCCCC(=O)O.CCOP(=O)(OCC)OCC.NCCNCCN. The number of hydrogen-bond donors (Lipinski definition) is 4. The molecule has 0 aliphatic carbocycles. The third kappa shape index (κ3) is 40.0. The largest absolute Gasteiger partial charge is 0.481 e. The van der Waals surface area contributed by atoms with Crippen LogP contribution in [0.4, 0.5) is 0 Å². The van der Waals surface area contributed by atoms with Crippen molar-refractivity contribution in [2.75, 3.05) is 46.0 Å². The lowest BCUT2D eigenvalue weighted by Crippen LogP contribution is -2.27. The van der Waals surface area contributed by atoms with Gasteiger partial charge in [0.25, 0.3) is 0 Å². The maximum atomic E-state index is 11.3. The van der Waals surface area contributed by atoms with Crippen LogP contribution in [0.15, 0.2) is 0 Å². The molecule has 0 heterocycles. The van der Waals surface area contributed by atoms with Crippen molar-refractivity contribution >= 4 is 13.8 Å². The van der Waals surface area contributed by atoms with Crippen LogP contribution in [0.3, 0.4) is 0 Å². The van der Waals surface area contributed by atoms with Gasteiger partial charge in [-0.1, -0.05) is 96.8 Å². The van der Waals surface area contributed by atoms with Crippen molar-refractivity contribution in [3.63, 3.8) is 0 Å². The Balaban J connectivity index is -0.000000567. The molecule has 9 nitrogen and oxygen atoms in total. The minimum atomic E-state index is -3.22. The van der Waals surface area contributed by atoms with E-state index in [-0.39, 0.29) is 0 Å². The summed E-state index contributed by atoms with van der Waals surface area (Å²) < 4.78 is 25.8. The van der Waals surface area contributed by atoms with Crippen LogP contribution >= 0.6 is 7.82 Å². The summed E-state index contributed by atoms with van der Waals surface area (Å²) >= 11 is 0. The van der Waals surface area contributed by atoms with Gasteiger partial charge in [0.05, 0.1) is 19.8 Å². The second-order valence-electron chi connectivity index (χ2n) is 9.12. The van der Waals surface area contributed by atoms with E-state index in [1.807, 2.05) is 0 Å². The lowest BCUT2D eigenvalue weighted by Gasteiger charge is -2.14. The highest BCUT2D eigenvalue weighted by atomic mass is 31.2. The first-order valence-electron chi connectivity index (χ1n) is 15.2. The Hall–Kier alpha value is -0.540. The highest BCUT2D eigenvalue weighted by Gasteiger charge is 2.23. The average molecular weight is 570 g/mol. The molecule has 0 aromatic heterocycles. The second-order valence-corrected chi connectivity index (χ2v) is 10.8. The van der Waals surface area contributed by atoms with Gasteiger partial charge in [0.1, 0.15) is 0 Å². The third-order valence-corrected chi connectivity index (χ3v) is 7.22. The fourth-order valence-electron chi connectivity index (χ4n) is 3.56. The number of carboxylic acids is 1. The number of unbranched alkanes of at least 4 members (excludes halogenated alkanes) is 14. The molecule has 0 bridgehead atoms. The van der Waals surface area contributed by atoms with Gasteiger partial charge >= 0.3 is 13.8 Å². The molecule has 0 fully saturated rings. The Kier molecular flexibility index (Phi) is 40.2. The van der Waals surface area contributed by atoms with Crippen molar-refractivity contribution in [1.82, 2.24) is 5.32 Å². The summed E-state index contributed by atoms with van der Waals surface area (Å²) in [5, 5.41) is 11.6. The minimum Gasteiger partial charge on any atom is -0.481 e. The molecule has 10 heteroatoms. The van der Waals surface area contributed by atoms with Gasteiger partial charge in [-0.2, -0.15) is 0 Å². The number of phosphoric acid groups is 1. The van der Waals surface area contributed by atoms with E-state index in [1.165, 1.54) is 83.5 Å². The predicted molar refractivity (Wildman–Crippen MR) is 161 cm³/mol. The van der Waals surface area contributed by atoms with E-state index < -0.39 is 13.8 Å². The van der Waals surface area contributed by atoms with E-state index in [0.29, 0.717) is 39.3 Å². The fraction of sp³-hybridized carbons (Fsp3) is 0.964. The van der Waals surface area contributed by atoms with Crippen LogP contribution in [0.5, 0.6) is 0 Å². The summed E-state index contributed by atoms with van der Waals surface area (Å²) in [5.74, 6) is -0.653. The molecule has 0 aromatic carbocycles. The van der Waals surface area contributed by atoms with Crippen molar-refractivity contribution in [2.45, 2.75) is 130 Å². The number of nitrogens with one attached hydrogen (secondary N) is 1. The molecule has 232 valence electrons. The van der Waals surface area contributed by atoms with Crippen molar-refractivity contribution < 1.29 is 28.0 Å². The Bertz CT molecular complexity index is 473. The standard InChI is InChI=1S/C18H36O2.C6H15O4P.C4H13N3/c1-2-3-4-5-6-7-8-9-10-11-12-13-14-15-16-17-18(19)20;1-4-8-11(7,9-5-2)10-6-3;5-1-3-7-4-2-6/h2-17H2,1H3,(H,19,20);4-6H2,1-3H3;7H,1-6H2. The van der Waals surface area contributed by atoms with Crippen molar-refractivity contribution in [3.05, 3.63) is 0 Å². The van der Waals surface area contributed by atoms with E-state index in [0.717, 1.165) is 25.9 Å². The normalized spacial score (nSPS) is 10.9. The molecule has 0 aromatic rings. The van der Waals surface area contributed by atoms with Gasteiger partial charge < -0.3 is 21.9 Å². The van der Waals surface area contributed by atoms with E-state index in [9.17, 15) is 9.36 Å². The molecule has 0 aliphatic rings. The molecule has 0 spiro atoms. The van der Waals surface area contributed by atoms with E-state index in [1.54, 1.807) is 20.8 Å². The topological polar surface area (TPSA) is 146 Å². The molecular formula is C28H64N3O6P. The van der Waals surface area contributed by atoms with Crippen LogP contribution in [-0.2, 0) is 22.9 Å². The van der Waals surface area contributed by atoms with Crippen LogP contribution in [0.2, 0.25) is 0 Å². The molecule has 0 amide bonds. The lowest BCUT2D eigenvalue weighted by molar-refractivity contribution is -0.137. The molecule has 38 heavy (non-hydrogen) atoms. The van der Waals surface area contributed by atoms with Gasteiger partial charge in [0, 0.05) is 32.6 Å². The summed E-state index contributed by atoms with van der Waals surface area (Å²) in [6.07, 6.45) is 20.2. The summed E-state index contributed by atoms with van der Waals surface area (Å²) in [7, 11) is -3.22. The fourth-order valence-corrected chi connectivity index (χ4v) is 4.74.